The van der Waals surface area contributed by atoms with Gasteiger partial charge in [-0.2, -0.15) is 0 Å². The van der Waals surface area contributed by atoms with Crippen molar-refractivity contribution in [3.8, 4) is 28.7 Å². The lowest BCUT2D eigenvalue weighted by atomic mass is 10.0. The normalized spacial score (nSPS) is 11.1. The van der Waals surface area contributed by atoms with Gasteiger partial charge < -0.3 is 24.4 Å². The molecule has 0 unspecified atom stereocenters. The molecule has 5 aromatic rings. The summed E-state index contributed by atoms with van der Waals surface area (Å²) in [5.74, 6) is -0.470. The number of benzene rings is 4. The van der Waals surface area contributed by atoms with Crippen LogP contribution in [0.3, 0.4) is 0 Å². The van der Waals surface area contributed by atoms with E-state index in [1.165, 1.54) is 68.9 Å². The van der Waals surface area contributed by atoms with Crippen LogP contribution in [0.5, 0.6) is 28.7 Å². The van der Waals surface area contributed by atoms with Crippen LogP contribution in [0.25, 0.3) is 18.2 Å². The molecule has 10 nitrogen and oxygen atoms in total. The molecule has 0 atom stereocenters. The molecule has 0 saturated carbocycles. The minimum Gasteiger partial charge on any atom is -0.504 e. The molecule has 0 aliphatic carbocycles. The highest BCUT2D eigenvalue weighted by Crippen LogP contribution is 2.28. The zero-order chi connectivity index (χ0) is 34.8. The number of phenolic OH excluding ortho intramolecular Hbond substituents is 2. The van der Waals surface area contributed by atoms with E-state index in [9.17, 15) is 24.2 Å². The van der Waals surface area contributed by atoms with Crippen LogP contribution in [0.2, 0.25) is 0 Å². The number of aromatic hydroxyl groups is 2. The number of hydrogen-bond donors (Lipinski definition) is 2. The largest absolute Gasteiger partial charge is 0.504 e. The molecule has 5 rings (SSSR count). The Labute approximate surface area is 281 Å². The lowest BCUT2D eigenvalue weighted by molar-refractivity contribution is -0.116. The smallest absolute Gasteiger partial charge is 0.189 e. The third-order valence-corrected chi connectivity index (χ3v) is 7.21. The number of phenols is 2. The third-order valence-electron chi connectivity index (χ3n) is 7.21. The molecule has 2 N–H and O–H groups in total. The maximum Gasteiger partial charge on any atom is 0.189 e. The Morgan fingerprint density at radius 2 is 1.33 bits per heavy atom. The van der Waals surface area contributed by atoms with Crippen LogP contribution in [0.15, 0.2) is 109 Å². The van der Waals surface area contributed by atoms with Crippen molar-refractivity contribution in [1.29, 1.82) is 0 Å². The van der Waals surface area contributed by atoms with Gasteiger partial charge in [-0.1, -0.05) is 53.8 Å². The van der Waals surface area contributed by atoms with Gasteiger partial charge in [-0.05, 0) is 89.0 Å². The predicted molar refractivity (Wildman–Crippen MR) is 182 cm³/mol. The summed E-state index contributed by atoms with van der Waals surface area (Å²) in [5.41, 5.74) is 3.12. The molecule has 0 fully saturated rings. The summed E-state index contributed by atoms with van der Waals surface area (Å²) >= 11 is 0. The van der Waals surface area contributed by atoms with Gasteiger partial charge >= 0.3 is 0 Å². The lowest BCUT2D eigenvalue weighted by Crippen LogP contribution is -2.08. The van der Waals surface area contributed by atoms with Crippen molar-refractivity contribution >= 4 is 29.8 Å². The first-order chi connectivity index (χ1) is 23.7. The van der Waals surface area contributed by atoms with Crippen molar-refractivity contribution in [3.63, 3.8) is 0 Å². The Morgan fingerprint density at radius 3 is 1.88 bits per heavy atom. The van der Waals surface area contributed by atoms with Crippen molar-refractivity contribution in [1.82, 2.24) is 15.0 Å². The molecule has 0 aliphatic rings. The second-order valence-corrected chi connectivity index (χ2v) is 10.7. The molecule has 0 amide bonds. The van der Waals surface area contributed by atoms with Crippen molar-refractivity contribution in [2.24, 2.45) is 0 Å². The molecule has 0 bridgehead atoms. The highest BCUT2D eigenvalue weighted by atomic mass is 19.1. The van der Waals surface area contributed by atoms with Crippen LogP contribution in [0.1, 0.15) is 27.9 Å². The quantitative estimate of drug-likeness (QED) is 0.0786. The molecule has 0 spiro atoms. The standard InChI is InChI=1S/C38H32FN3O7/c1-47-37-20-26(9-17-35(37)45)7-15-33(43)32(34(44)16-8-27-10-18-36(46)38(21-27)48-2)19-25-5-13-31(14-6-25)49-24-30-23-42(41-40-30)22-28-3-11-29(39)12-4-28/h3-21,23,45-46H,22,24H2,1-2H3/b15-7+,16-8+. The molecular weight excluding hydrogens is 629 g/mol. The SMILES string of the molecule is COc1cc(/C=C/C(=O)C(=Cc2ccc(OCc3cn(Cc4ccc(F)cc4)nn3)cc2)C(=O)/C=C/c2ccc(O)c(OC)c2)ccc1O. The third kappa shape index (κ3) is 9.29. The van der Waals surface area contributed by atoms with E-state index in [1.54, 1.807) is 71.5 Å². The van der Waals surface area contributed by atoms with Crippen LogP contribution in [0, 0.1) is 5.82 Å². The molecule has 4 aromatic carbocycles. The van der Waals surface area contributed by atoms with Gasteiger partial charge in [0.15, 0.2) is 34.6 Å². The number of ketones is 2. The Morgan fingerprint density at radius 1 is 0.776 bits per heavy atom. The van der Waals surface area contributed by atoms with Gasteiger partial charge in [-0.25, -0.2) is 9.07 Å². The van der Waals surface area contributed by atoms with E-state index in [4.69, 9.17) is 14.2 Å². The minimum absolute atomic E-state index is 0.0432. The van der Waals surface area contributed by atoms with E-state index in [-0.39, 0.29) is 41.0 Å². The monoisotopic (exact) mass is 661 g/mol. The molecule has 1 heterocycles. The number of halogens is 1. The number of carbonyl (C=O) groups excluding carboxylic acids is 2. The van der Waals surface area contributed by atoms with E-state index in [0.717, 1.165) is 5.56 Å². The zero-order valence-electron chi connectivity index (χ0n) is 26.6. The van der Waals surface area contributed by atoms with E-state index in [2.05, 4.69) is 10.3 Å². The van der Waals surface area contributed by atoms with Gasteiger partial charge in [0.2, 0.25) is 0 Å². The number of methoxy groups -OCH3 is 2. The number of hydrogen-bond acceptors (Lipinski definition) is 9. The average molecular weight is 662 g/mol. The predicted octanol–water partition coefficient (Wildman–Crippen LogP) is 6.42. The van der Waals surface area contributed by atoms with Crippen molar-refractivity contribution in [2.45, 2.75) is 13.2 Å². The fourth-order valence-corrected chi connectivity index (χ4v) is 4.63. The van der Waals surface area contributed by atoms with Gasteiger partial charge in [0.1, 0.15) is 23.9 Å². The highest BCUT2D eigenvalue weighted by Gasteiger charge is 2.15. The number of ether oxygens (including phenoxy) is 3. The maximum absolute atomic E-state index is 13.4. The number of allylic oxidation sites excluding steroid dienone is 3. The molecule has 1 aromatic heterocycles. The summed E-state index contributed by atoms with van der Waals surface area (Å²) in [6.07, 6.45) is 8.81. The van der Waals surface area contributed by atoms with E-state index < -0.39 is 11.6 Å². The molecule has 0 radical (unpaired) electrons. The number of carbonyl (C=O) groups is 2. The average Bonchev–Trinajstić information content (AvgIpc) is 3.57. The topological polar surface area (TPSA) is 133 Å². The van der Waals surface area contributed by atoms with Gasteiger partial charge in [0.25, 0.3) is 0 Å². The molecule has 49 heavy (non-hydrogen) atoms. The summed E-state index contributed by atoms with van der Waals surface area (Å²) in [6, 6.07) is 22.2. The summed E-state index contributed by atoms with van der Waals surface area (Å²) in [4.78, 5) is 26.8. The van der Waals surface area contributed by atoms with Gasteiger partial charge in [-0.3, -0.25) is 9.59 Å². The minimum atomic E-state index is -0.547. The van der Waals surface area contributed by atoms with E-state index in [1.807, 2.05) is 0 Å². The Hall–Kier alpha value is -6.49. The first-order valence-corrected chi connectivity index (χ1v) is 15.0. The number of nitrogens with zero attached hydrogens (tertiary/aromatic N) is 3. The molecule has 11 heteroatoms. The van der Waals surface area contributed by atoms with Crippen LogP contribution >= 0.6 is 0 Å². The summed E-state index contributed by atoms with van der Waals surface area (Å²) in [5, 5.41) is 28.0. The van der Waals surface area contributed by atoms with E-state index >= 15 is 0 Å². The summed E-state index contributed by atoms with van der Waals surface area (Å²) in [6.45, 7) is 0.589. The van der Waals surface area contributed by atoms with Gasteiger partial charge in [-0.15, -0.1) is 5.10 Å². The van der Waals surface area contributed by atoms with Gasteiger partial charge in [0.05, 0.1) is 32.5 Å². The van der Waals surface area contributed by atoms with Crippen LogP contribution in [0.4, 0.5) is 4.39 Å². The molecule has 248 valence electrons. The molecule has 0 saturated heterocycles. The van der Waals surface area contributed by atoms with Crippen LogP contribution in [-0.2, 0) is 22.7 Å². The summed E-state index contributed by atoms with van der Waals surface area (Å²) in [7, 11) is 2.84. The van der Waals surface area contributed by atoms with Crippen LogP contribution < -0.4 is 14.2 Å². The highest BCUT2D eigenvalue weighted by molar-refractivity contribution is 6.31. The Bertz CT molecular complexity index is 1950. The Balaban J connectivity index is 1.31. The second-order valence-electron chi connectivity index (χ2n) is 10.7. The second kappa shape index (κ2) is 15.9. The fourth-order valence-electron chi connectivity index (χ4n) is 4.63. The first kappa shape index (κ1) is 33.9. The summed E-state index contributed by atoms with van der Waals surface area (Å²) < 4.78 is 30.9. The van der Waals surface area contributed by atoms with Crippen molar-refractivity contribution in [3.05, 3.63) is 143 Å². The lowest BCUT2D eigenvalue weighted by Gasteiger charge is -2.06. The first-order valence-electron chi connectivity index (χ1n) is 15.0. The fraction of sp³-hybridized carbons (Fsp3) is 0.105. The maximum atomic E-state index is 13.4. The van der Waals surface area contributed by atoms with Gasteiger partial charge in [0, 0.05) is 0 Å². The molecule has 0 aliphatic heterocycles. The van der Waals surface area contributed by atoms with Crippen molar-refractivity contribution in [2.75, 3.05) is 14.2 Å². The number of rotatable bonds is 14. The number of aromatic nitrogens is 3. The Kier molecular flexibility index (Phi) is 11.0. The molecular formula is C38H32FN3O7. The zero-order valence-corrected chi connectivity index (χ0v) is 26.6. The van der Waals surface area contributed by atoms with Crippen LogP contribution in [-0.4, -0.2) is 51.0 Å². The van der Waals surface area contributed by atoms with E-state index in [0.29, 0.717) is 34.7 Å². The van der Waals surface area contributed by atoms with Crippen molar-refractivity contribution < 1.29 is 38.4 Å².